The summed E-state index contributed by atoms with van der Waals surface area (Å²) in [5.74, 6) is 0. The number of anilines is 1. The lowest BCUT2D eigenvalue weighted by molar-refractivity contribution is 0.507. The number of rotatable bonds is 5. The van der Waals surface area contributed by atoms with Gasteiger partial charge in [-0.05, 0) is 50.9 Å². The molecule has 1 aromatic carbocycles. The summed E-state index contributed by atoms with van der Waals surface area (Å²) in [6.07, 6.45) is 2.71. The summed E-state index contributed by atoms with van der Waals surface area (Å²) >= 11 is 0. The highest BCUT2D eigenvalue weighted by Gasteiger charge is 2.41. The first kappa shape index (κ1) is 11.5. The normalized spacial score (nSPS) is 17.2. The van der Waals surface area contributed by atoms with Gasteiger partial charge in [-0.3, -0.25) is 0 Å². The minimum atomic E-state index is 0.519. The van der Waals surface area contributed by atoms with Crippen molar-refractivity contribution < 1.29 is 0 Å². The van der Waals surface area contributed by atoms with Gasteiger partial charge < -0.3 is 10.6 Å². The van der Waals surface area contributed by atoms with E-state index in [2.05, 4.69) is 42.7 Å². The first-order chi connectivity index (χ1) is 7.67. The third kappa shape index (κ3) is 2.38. The molecule has 2 N–H and O–H groups in total. The van der Waals surface area contributed by atoms with Crippen molar-refractivity contribution in [1.29, 1.82) is 0 Å². The van der Waals surface area contributed by atoms with Crippen molar-refractivity contribution in [2.45, 2.75) is 26.7 Å². The first-order valence-corrected chi connectivity index (χ1v) is 6.12. The Kier molecular flexibility index (Phi) is 3.20. The van der Waals surface area contributed by atoms with Crippen molar-refractivity contribution in [3.63, 3.8) is 0 Å². The van der Waals surface area contributed by atoms with Crippen LogP contribution in [0.1, 0.15) is 24.0 Å². The van der Waals surface area contributed by atoms with Crippen LogP contribution >= 0.6 is 0 Å². The number of hydrogen-bond donors (Lipinski definition) is 2. The van der Waals surface area contributed by atoms with Crippen molar-refractivity contribution in [1.82, 2.24) is 5.32 Å². The van der Waals surface area contributed by atoms with Crippen LogP contribution in [0.4, 0.5) is 5.69 Å². The van der Waals surface area contributed by atoms with Crippen LogP contribution in [-0.2, 0) is 0 Å². The largest absolute Gasteiger partial charge is 0.384 e. The summed E-state index contributed by atoms with van der Waals surface area (Å²) in [5, 5.41) is 6.89. The predicted octanol–water partition coefficient (Wildman–Crippen LogP) is 2.71. The zero-order chi connectivity index (χ0) is 11.6. The third-order valence-corrected chi connectivity index (χ3v) is 3.77. The maximum atomic E-state index is 3.60. The Labute approximate surface area is 98.4 Å². The Morgan fingerprint density at radius 3 is 2.56 bits per heavy atom. The fourth-order valence-electron chi connectivity index (χ4n) is 2.19. The smallest absolute Gasteiger partial charge is 0.0372 e. The monoisotopic (exact) mass is 218 g/mol. The first-order valence-electron chi connectivity index (χ1n) is 6.12. The third-order valence-electron chi connectivity index (χ3n) is 3.77. The zero-order valence-electron chi connectivity index (χ0n) is 10.6. The number of aryl methyl sites for hydroxylation is 1. The number of hydrogen-bond acceptors (Lipinski definition) is 2. The lowest BCUT2D eigenvalue weighted by Gasteiger charge is -2.18. The van der Waals surface area contributed by atoms with Gasteiger partial charge in [0.05, 0.1) is 0 Å². The van der Waals surface area contributed by atoms with Crippen LogP contribution < -0.4 is 10.6 Å². The van der Waals surface area contributed by atoms with Gasteiger partial charge >= 0.3 is 0 Å². The van der Waals surface area contributed by atoms with Crippen LogP contribution in [0.25, 0.3) is 0 Å². The summed E-state index contributed by atoms with van der Waals surface area (Å²) in [6.45, 7) is 6.58. The Hall–Kier alpha value is -1.02. The molecule has 2 rings (SSSR count). The van der Waals surface area contributed by atoms with Crippen molar-refractivity contribution >= 4 is 5.69 Å². The van der Waals surface area contributed by atoms with E-state index in [9.17, 15) is 0 Å². The average molecular weight is 218 g/mol. The molecule has 0 radical (unpaired) electrons. The average Bonchev–Trinajstić information content (AvgIpc) is 3.02. The van der Waals surface area contributed by atoms with E-state index in [1.54, 1.807) is 0 Å². The SMILES string of the molecule is CNCC1(CNc2cccc(C)c2C)CC1. The van der Waals surface area contributed by atoms with Crippen LogP contribution in [0.5, 0.6) is 0 Å². The lowest BCUT2D eigenvalue weighted by atomic mass is 10.1. The summed E-state index contributed by atoms with van der Waals surface area (Å²) < 4.78 is 0. The van der Waals surface area contributed by atoms with Gasteiger partial charge in [-0.1, -0.05) is 12.1 Å². The van der Waals surface area contributed by atoms with Crippen molar-refractivity contribution in [3.05, 3.63) is 29.3 Å². The highest BCUT2D eigenvalue weighted by Crippen LogP contribution is 2.45. The summed E-state index contributed by atoms with van der Waals surface area (Å²) in [5.41, 5.74) is 4.55. The van der Waals surface area contributed by atoms with Gasteiger partial charge in [-0.15, -0.1) is 0 Å². The minimum Gasteiger partial charge on any atom is -0.384 e. The molecule has 1 aliphatic rings. The molecule has 0 saturated heterocycles. The van der Waals surface area contributed by atoms with E-state index >= 15 is 0 Å². The van der Waals surface area contributed by atoms with Gasteiger partial charge in [0.15, 0.2) is 0 Å². The zero-order valence-corrected chi connectivity index (χ0v) is 10.6. The molecule has 16 heavy (non-hydrogen) atoms. The highest BCUT2D eigenvalue weighted by molar-refractivity contribution is 5.53. The van der Waals surface area contributed by atoms with E-state index in [4.69, 9.17) is 0 Å². The molecule has 0 aromatic heterocycles. The molecule has 0 spiro atoms. The Morgan fingerprint density at radius 1 is 1.19 bits per heavy atom. The summed E-state index contributed by atoms with van der Waals surface area (Å²) in [7, 11) is 2.04. The minimum absolute atomic E-state index is 0.519. The highest BCUT2D eigenvalue weighted by atomic mass is 14.9. The summed E-state index contributed by atoms with van der Waals surface area (Å²) in [4.78, 5) is 0. The van der Waals surface area contributed by atoms with Crippen LogP contribution in [-0.4, -0.2) is 20.1 Å². The summed E-state index contributed by atoms with van der Waals surface area (Å²) in [6, 6.07) is 6.47. The van der Waals surface area contributed by atoms with Gasteiger partial charge in [0.1, 0.15) is 0 Å². The molecule has 0 atom stereocenters. The lowest BCUT2D eigenvalue weighted by Crippen LogP contribution is -2.27. The molecule has 2 heteroatoms. The molecule has 0 unspecified atom stereocenters. The standard InChI is InChI=1S/C14H22N2/c1-11-5-4-6-13(12(11)2)16-10-14(7-8-14)9-15-3/h4-6,15-16H,7-10H2,1-3H3. The number of benzene rings is 1. The Morgan fingerprint density at radius 2 is 1.94 bits per heavy atom. The van der Waals surface area contributed by atoms with Gasteiger partial charge in [0.2, 0.25) is 0 Å². The van der Waals surface area contributed by atoms with Crippen LogP contribution in [0.3, 0.4) is 0 Å². The maximum absolute atomic E-state index is 3.60. The Bertz CT molecular complexity index is 367. The van der Waals surface area contributed by atoms with E-state index in [1.807, 2.05) is 7.05 Å². The van der Waals surface area contributed by atoms with Crippen LogP contribution in [0.15, 0.2) is 18.2 Å². The van der Waals surface area contributed by atoms with E-state index in [0.717, 1.165) is 13.1 Å². The maximum Gasteiger partial charge on any atom is 0.0372 e. The van der Waals surface area contributed by atoms with Gasteiger partial charge in [0.25, 0.3) is 0 Å². The molecule has 0 heterocycles. The fraction of sp³-hybridized carbons (Fsp3) is 0.571. The molecule has 1 fully saturated rings. The molecule has 1 aromatic rings. The second-order valence-corrected chi connectivity index (χ2v) is 5.13. The van der Waals surface area contributed by atoms with Crippen molar-refractivity contribution in [3.8, 4) is 0 Å². The fourth-order valence-corrected chi connectivity index (χ4v) is 2.19. The second kappa shape index (κ2) is 4.46. The van der Waals surface area contributed by atoms with Gasteiger partial charge in [-0.25, -0.2) is 0 Å². The van der Waals surface area contributed by atoms with E-state index < -0.39 is 0 Å². The van der Waals surface area contributed by atoms with Gasteiger partial charge in [-0.2, -0.15) is 0 Å². The van der Waals surface area contributed by atoms with Crippen molar-refractivity contribution in [2.75, 3.05) is 25.5 Å². The molecule has 0 aliphatic heterocycles. The van der Waals surface area contributed by atoms with E-state index in [-0.39, 0.29) is 0 Å². The quantitative estimate of drug-likeness (QED) is 0.794. The molecule has 0 amide bonds. The Balaban J connectivity index is 1.97. The van der Waals surface area contributed by atoms with E-state index in [1.165, 1.54) is 29.7 Å². The second-order valence-electron chi connectivity index (χ2n) is 5.13. The van der Waals surface area contributed by atoms with Crippen molar-refractivity contribution in [2.24, 2.45) is 5.41 Å². The van der Waals surface area contributed by atoms with Gasteiger partial charge in [0, 0.05) is 24.2 Å². The predicted molar refractivity (Wildman–Crippen MR) is 70.0 cm³/mol. The molecule has 0 bridgehead atoms. The molecule has 2 nitrogen and oxygen atoms in total. The molecular weight excluding hydrogens is 196 g/mol. The van der Waals surface area contributed by atoms with Crippen LogP contribution in [0, 0.1) is 19.3 Å². The molecule has 88 valence electrons. The number of nitrogens with one attached hydrogen (secondary N) is 2. The van der Waals surface area contributed by atoms with Crippen LogP contribution in [0.2, 0.25) is 0 Å². The van der Waals surface area contributed by atoms with E-state index in [0.29, 0.717) is 5.41 Å². The molecule has 1 saturated carbocycles. The topological polar surface area (TPSA) is 24.1 Å². The molecular formula is C14H22N2. The molecule has 1 aliphatic carbocycles.